The van der Waals surface area contributed by atoms with Crippen molar-refractivity contribution < 1.29 is 13.6 Å². The predicted molar refractivity (Wildman–Crippen MR) is 117 cm³/mol. The zero-order chi connectivity index (χ0) is 21.8. The summed E-state index contributed by atoms with van der Waals surface area (Å²) in [4.78, 5) is 25.2. The van der Waals surface area contributed by atoms with Gasteiger partial charge in [0.05, 0.1) is 12.5 Å². The lowest BCUT2D eigenvalue weighted by Crippen LogP contribution is -2.54. The maximum absolute atomic E-state index is 14.6. The van der Waals surface area contributed by atoms with Crippen LogP contribution in [0, 0.1) is 11.3 Å². The van der Waals surface area contributed by atoms with E-state index in [1.165, 1.54) is 5.01 Å². The van der Waals surface area contributed by atoms with Gasteiger partial charge in [-0.25, -0.2) is 13.8 Å². The standard InChI is InChI=1S/C20H24F2N7OS/c21-20(22)5-1-4-13(19(20)6-7-19)29(24)14-9-26-15(16(23)30)17(28-14)27-12-10-31-18-11(12)3-2-8-25-18/h2-3,8,10-11,13-14,18,24H,1,4-7,9H2,(H2,23,30)(H,27,28)/q-1. The Labute approximate surface area is 183 Å². The smallest absolute Gasteiger partial charge is 0.270 e. The largest absolute Gasteiger partial charge is 0.608 e. The van der Waals surface area contributed by atoms with E-state index >= 15 is 0 Å². The van der Waals surface area contributed by atoms with Gasteiger partial charge in [-0.2, -0.15) is 0 Å². The van der Waals surface area contributed by atoms with Crippen LogP contribution in [0.1, 0.15) is 32.1 Å². The molecule has 31 heavy (non-hydrogen) atoms. The van der Waals surface area contributed by atoms with Crippen LogP contribution < -0.4 is 11.1 Å². The Bertz CT molecular complexity index is 940. The van der Waals surface area contributed by atoms with Gasteiger partial charge in [0.1, 0.15) is 11.5 Å². The molecule has 3 heterocycles. The number of fused-ring (bicyclic) bond motifs is 1. The number of amides is 1. The Balaban J connectivity index is 1.38. The number of rotatable bonds is 4. The number of thioether (sulfide) groups is 1. The fourth-order valence-electron chi connectivity index (χ4n) is 5.01. The maximum atomic E-state index is 14.6. The van der Waals surface area contributed by atoms with E-state index in [2.05, 4.69) is 20.3 Å². The minimum absolute atomic E-state index is 0.00563. The number of hydrogen-bond donors (Lipinski definition) is 2. The number of dihydropyridines is 1. The van der Waals surface area contributed by atoms with Crippen molar-refractivity contribution in [3.63, 3.8) is 0 Å². The molecule has 0 radical (unpaired) electrons. The van der Waals surface area contributed by atoms with E-state index in [1.54, 1.807) is 18.0 Å². The summed E-state index contributed by atoms with van der Waals surface area (Å²) in [5, 5.41) is 6.30. The number of amidine groups is 1. The molecular formula is C20H24F2N7OS-. The Morgan fingerprint density at radius 1 is 1.35 bits per heavy atom. The monoisotopic (exact) mass is 448 g/mol. The molecule has 2 fully saturated rings. The number of nitrogens with one attached hydrogen (secondary N) is 2. The number of primary amides is 1. The van der Waals surface area contributed by atoms with Gasteiger partial charge in [-0.05, 0) is 37.2 Å². The van der Waals surface area contributed by atoms with Crippen molar-refractivity contribution in [1.82, 2.24) is 10.3 Å². The lowest BCUT2D eigenvalue weighted by molar-refractivity contribution is -0.133. The molecule has 4 N–H and O–H groups in total. The fraction of sp³-hybridized carbons (Fsp3) is 0.600. The second-order valence-electron chi connectivity index (χ2n) is 8.62. The number of halogens is 2. The molecule has 11 heteroatoms. The minimum Gasteiger partial charge on any atom is -0.608 e. The van der Waals surface area contributed by atoms with Crippen molar-refractivity contribution in [2.24, 2.45) is 32.0 Å². The van der Waals surface area contributed by atoms with Crippen LogP contribution in [0.4, 0.5) is 8.78 Å². The van der Waals surface area contributed by atoms with Gasteiger partial charge in [0.25, 0.3) is 11.8 Å². The van der Waals surface area contributed by atoms with Crippen molar-refractivity contribution in [3.05, 3.63) is 29.1 Å². The van der Waals surface area contributed by atoms with Crippen LogP contribution in [0.2, 0.25) is 0 Å². The maximum Gasteiger partial charge on any atom is 0.270 e. The molecule has 4 unspecified atom stereocenters. The Morgan fingerprint density at radius 3 is 2.90 bits per heavy atom. The Hall–Kier alpha value is -2.11. The summed E-state index contributed by atoms with van der Waals surface area (Å²) in [7, 11) is 0. The highest BCUT2D eigenvalue weighted by Gasteiger charge is 2.67. The number of carbonyl (C=O) groups is 1. The van der Waals surface area contributed by atoms with E-state index in [0.717, 1.165) is 5.70 Å². The van der Waals surface area contributed by atoms with Crippen LogP contribution in [0.15, 0.2) is 38.2 Å². The molecule has 0 saturated heterocycles. The highest BCUT2D eigenvalue weighted by atomic mass is 32.2. The van der Waals surface area contributed by atoms with E-state index in [9.17, 15) is 13.6 Å². The molecule has 5 aliphatic rings. The molecule has 4 atom stereocenters. The summed E-state index contributed by atoms with van der Waals surface area (Å²) in [5.74, 6) is 5.37. The highest BCUT2D eigenvalue weighted by molar-refractivity contribution is 8.03. The molecule has 0 aromatic rings. The molecule has 3 aliphatic heterocycles. The molecule has 0 aromatic carbocycles. The fourth-order valence-corrected chi connectivity index (χ4v) is 6.06. The Kier molecular flexibility index (Phi) is 5.02. The zero-order valence-electron chi connectivity index (χ0n) is 16.8. The molecule has 166 valence electrons. The van der Waals surface area contributed by atoms with Gasteiger partial charge >= 0.3 is 0 Å². The van der Waals surface area contributed by atoms with Gasteiger partial charge in [0, 0.05) is 29.8 Å². The van der Waals surface area contributed by atoms with Crippen LogP contribution in [-0.2, 0) is 4.79 Å². The second-order valence-corrected chi connectivity index (χ2v) is 9.61. The molecule has 5 rings (SSSR count). The summed E-state index contributed by atoms with van der Waals surface area (Å²) in [6.07, 6.45) is 6.52. The third-order valence-corrected chi connectivity index (χ3v) is 7.91. The molecule has 1 spiro atoms. The molecule has 0 bridgehead atoms. The number of hydrogen-bond acceptors (Lipinski definition) is 7. The van der Waals surface area contributed by atoms with Gasteiger partial charge in [-0.1, -0.05) is 6.08 Å². The average molecular weight is 449 g/mol. The number of allylic oxidation sites excluding steroid dienone is 1. The van der Waals surface area contributed by atoms with Crippen molar-refractivity contribution >= 4 is 35.4 Å². The van der Waals surface area contributed by atoms with Crippen molar-refractivity contribution in [1.29, 1.82) is 0 Å². The second kappa shape index (κ2) is 7.49. The first-order chi connectivity index (χ1) is 14.8. The Morgan fingerprint density at radius 2 is 2.16 bits per heavy atom. The number of nitrogens with two attached hydrogens (primary N) is 1. The van der Waals surface area contributed by atoms with Gasteiger partial charge in [0.2, 0.25) is 0 Å². The van der Waals surface area contributed by atoms with Gasteiger partial charge < -0.3 is 21.9 Å². The van der Waals surface area contributed by atoms with Crippen LogP contribution in [0.25, 0.3) is 5.84 Å². The van der Waals surface area contributed by atoms with Crippen LogP contribution in [-0.4, -0.2) is 58.7 Å². The third kappa shape index (κ3) is 3.42. The quantitative estimate of drug-likeness (QED) is 0.643. The first-order valence-electron chi connectivity index (χ1n) is 10.4. The average Bonchev–Trinajstić information content (AvgIpc) is 3.46. The summed E-state index contributed by atoms with van der Waals surface area (Å²) < 4.78 is 29.2. The van der Waals surface area contributed by atoms with Crippen LogP contribution in [0.5, 0.6) is 0 Å². The van der Waals surface area contributed by atoms with E-state index in [4.69, 9.17) is 11.6 Å². The van der Waals surface area contributed by atoms with Gasteiger partial charge in [-0.3, -0.25) is 14.8 Å². The van der Waals surface area contributed by atoms with E-state index in [-0.39, 0.29) is 35.8 Å². The first-order valence-corrected chi connectivity index (χ1v) is 11.4. The van der Waals surface area contributed by atoms with Crippen LogP contribution in [0.3, 0.4) is 0 Å². The summed E-state index contributed by atoms with van der Waals surface area (Å²) in [6, 6.07) is -0.585. The SMILES string of the molecule is [NH-]N(C1CN=C(C(N)=O)C(NC2=CSC3N=CC=CC23)=N1)C1CCCC(F)(F)C12CC2. The summed E-state index contributed by atoms with van der Waals surface area (Å²) in [6.45, 7) is 0.0369. The topological polar surface area (TPSA) is 119 Å². The van der Waals surface area contributed by atoms with Crippen molar-refractivity contribution in [3.8, 4) is 0 Å². The minimum atomic E-state index is -2.76. The predicted octanol–water partition coefficient (Wildman–Crippen LogP) is 2.65. The highest BCUT2D eigenvalue weighted by Crippen LogP contribution is 2.65. The molecule has 1 amide bonds. The van der Waals surface area contributed by atoms with Gasteiger partial charge in [-0.15, -0.1) is 11.8 Å². The number of alkyl halides is 2. The lowest BCUT2D eigenvalue weighted by atomic mass is 9.77. The number of aliphatic imine (C=N–C) groups is 3. The normalized spacial score (nSPS) is 34.8. The van der Waals surface area contributed by atoms with Gasteiger partial charge in [0.15, 0.2) is 11.5 Å². The van der Waals surface area contributed by atoms with Crippen LogP contribution >= 0.6 is 11.8 Å². The number of nitrogens with zero attached hydrogens (tertiary/aromatic N) is 4. The lowest BCUT2D eigenvalue weighted by Gasteiger charge is -2.49. The van der Waals surface area contributed by atoms with E-state index < -0.39 is 29.5 Å². The van der Waals surface area contributed by atoms with Crippen molar-refractivity contribution in [2.45, 2.75) is 55.6 Å². The van der Waals surface area contributed by atoms with Crippen molar-refractivity contribution in [2.75, 3.05) is 6.54 Å². The third-order valence-electron chi connectivity index (χ3n) is 6.83. The molecule has 8 nitrogen and oxygen atoms in total. The molecule has 2 saturated carbocycles. The molecule has 2 aliphatic carbocycles. The summed E-state index contributed by atoms with van der Waals surface area (Å²) in [5.41, 5.74) is 5.20. The molecule has 0 aromatic heterocycles. The van der Waals surface area contributed by atoms with E-state index in [1.807, 2.05) is 17.6 Å². The summed E-state index contributed by atoms with van der Waals surface area (Å²) >= 11 is 1.55. The first kappa shape index (κ1) is 20.8. The molecular weight excluding hydrogens is 424 g/mol. The zero-order valence-corrected chi connectivity index (χ0v) is 17.6. The van der Waals surface area contributed by atoms with E-state index in [0.29, 0.717) is 25.7 Å². The number of carbonyl (C=O) groups excluding carboxylic acids is 1.